The van der Waals surface area contributed by atoms with Gasteiger partial charge in [0.05, 0.1) is 37.3 Å². The summed E-state index contributed by atoms with van der Waals surface area (Å²) in [4.78, 5) is 81.3. The highest BCUT2D eigenvalue weighted by atomic mass is 16.6. The minimum absolute atomic E-state index is 0.0980. The smallest absolute Gasteiger partial charge is 0.339 e. The fourth-order valence-electron chi connectivity index (χ4n) is 5.66. The maximum Gasteiger partial charge on any atom is 0.339 e. The number of rotatable bonds is 11. The Kier molecular flexibility index (Phi) is 10.5. The largest absolute Gasteiger partial charge is 0.440 e. The van der Waals surface area contributed by atoms with Gasteiger partial charge >= 0.3 is 11.9 Å². The van der Waals surface area contributed by atoms with Crippen LogP contribution in [0.5, 0.6) is 0 Å². The summed E-state index contributed by atoms with van der Waals surface area (Å²) in [6.45, 7) is -0.907. The third-order valence-electron chi connectivity index (χ3n) is 8.48. The highest BCUT2D eigenvalue weighted by molar-refractivity contribution is 6.00. The predicted octanol–water partition coefficient (Wildman–Crippen LogP) is 3.29. The average molecular weight is 675 g/mol. The van der Waals surface area contributed by atoms with Gasteiger partial charge in [-0.15, -0.1) is 0 Å². The zero-order valence-electron chi connectivity index (χ0n) is 27.1. The Hall–Kier alpha value is -5.98. The molecule has 0 radical (unpaired) electrons. The van der Waals surface area contributed by atoms with Crippen molar-refractivity contribution in [3.63, 3.8) is 0 Å². The van der Waals surface area contributed by atoms with Crippen molar-refractivity contribution in [2.24, 2.45) is 0 Å². The van der Waals surface area contributed by atoms with Crippen LogP contribution in [-0.4, -0.2) is 108 Å². The van der Waals surface area contributed by atoms with Crippen molar-refractivity contribution < 1.29 is 38.2 Å². The van der Waals surface area contributed by atoms with E-state index < -0.39 is 49.0 Å². The molecular weight excluding hydrogens is 640 g/mol. The van der Waals surface area contributed by atoms with Crippen LogP contribution in [0.3, 0.4) is 0 Å². The highest BCUT2D eigenvalue weighted by Crippen LogP contribution is 2.21. The first-order valence-corrected chi connectivity index (χ1v) is 16.0. The van der Waals surface area contributed by atoms with Crippen LogP contribution in [0.1, 0.15) is 20.7 Å². The quantitative estimate of drug-likeness (QED) is 0.172. The number of carbonyl (C=O) groups is 6. The van der Waals surface area contributed by atoms with Crippen LogP contribution in [0.4, 0.5) is 0 Å². The first kappa shape index (κ1) is 33.9. The van der Waals surface area contributed by atoms with Crippen LogP contribution in [0.15, 0.2) is 109 Å². The number of carbonyl (C=O) groups excluding carboxylic acids is 6. The Morgan fingerprint density at radius 3 is 1.06 bits per heavy atom. The number of imide groups is 2. The van der Waals surface area contributed by atoms with Gasteiger partial charge in [0.15, 0.2) is 13.5 Å². The zero-order chi connectivity index (χ0) is 35.0. The predicted molar refractivity (Wildman–Crippen MR) is 181 cm³/mol. The minimum atomic E-state index is -0.659. The maximum absolute atomic E-state index is 12.8. The highest BCUT2D eigenvalue weighted by Gasteiger charge is 2.34. The van der Waals surface area contributed by atoms with Crippen LogP contribution < -0.4 is 0 Å². The van der Waals surface area contributed by atoms with E-state index in [2.05, 4.69) is 0 Å². The summed E-state index contributed by atoms with van der Waals surface area (Å²) >= 11 is 0. The van der Waals surface area contributed by atoms with Gasteiger partial charge in [-0.3, -0.25) is 29.0 Å². The molecule has 0 saturated carbocycles. The number of piperazine rings is 2. The summed E-state index contributed by atoms with van der Waals surface area (Å²) in [5, 5.41) is 0. The van der Waals surface area contributed by atoms with Crippen molar-refractivity contribution in [3.8, 4) is 22.3 Å². The molecule has 4 aromatic rings. The van der Waals surface area contributed by atoms with E-state index in [1.165, 1.54) is 0 Å². The summed E-state index contributed by atoms with van der Waals surface area (Å²) < 4.78 is 10.5. The number of hydrogen-bond donors (Lipinski definition) is 0. The lowest BCUT2D eigenvalue weighted by Crippen LogP contribution is -2.58. The number of nitrogens with zero attached hydrogens (tertiary/aromatic N) is 4. The lowest BCUT2D eigenvalue weighted by Gasteiger charge is -2.35. The van der Waals surface area contributed by atoms with Gasteiger partial charge < -0.3 is 9.47 Å². The SMILES string of the molecule is O=C(OCN1C(=O)CN(CCN2CC(=O)N(COC(=O)c3ccc(-c4ccccc4)cc3)C(=O)C2)CC1=O)c1ccc(-c2ccccc2)cc1. The minimum Gasteiger partial charge on any atom is -0.440 e. The lowest BCUT2D eigenvalue weighted by atomic mass is 10.0. The summed E-state index contributed by atoms with van der Waals surface area (Å²) in [5.41, 5.74) is 4.45. The van der Waals surface area contributed by atoms with Crippen molar-refractivity contribution in [1.29, 1.82) is 0 Å². The molecule has 0 atom stereocenters. The molecule has 0 unspecified atom stereocenters. The third kappa shape index (κ3) is 8.17. The van der Waals surface area contributed by atoms with Crippen LogP contribution in [0, 0.1) is 0 Å². The van der Waals surface area contributed by atoms with E-state index in [4.69, 9.17) is 9.47 Å². The Balaban J connectivity index is 0.918. The Labute approximate surface area is 288 Å². The van der Waals surface area contributed by atoms with E-state index >= 15 is 0 Å². The number of benzene rings is 4. The zero-order valence-corrected chi connectivity index (χ0v) is 27.1. The number of hydrogen-bond acceptors (Lipinski definition) is 10. The van der Waals surface area contributed by atoms with Crippen LogP contribution in [0.2, 0.25) is 0 Å². The van der Waals surface area contributed by atoms with Crippen molar-refractivity contribution in [2.45, 2.75) is 0 Å². The van der Waals surface area contributed by atoms with E-state index in [-0.39, 0.29) is 39.3 Å². The van der Waals surface area contributed by atoms with E-state index in [9.17, 15) is 28.8 Å². The van der Waals surface area contributed by atoms with Gasteiger partial charge in [0.25, 0.3) is 0 Å². The molecule has 6 rings (SSSR count). The van der Waals surface area contributed by atoms with Gasteiger partial charge in [0, 0.05) is 13.1 Å². The van der Waals surface area contributed by atoms with E-state index in [1.807, 2.05) is 60.7 Å². The third-order valence-corrected chi connectivity index (χ3v) is 8.48. The van der Waals surface area contributed by atoms with Gasteiger partial charge in [0.1, 0.15) is 0 Å². The Morgan fingerprint density at radius 1 is 0.440 bits per heavy atom. The molecule has 0 N–H and O–H groups in total. The summed E-state index contributed by atoms with van der Waals surface area (Å²) in [5.74, 6) is -3.42. The molecule has 50 heavy (non-hydrogen) atoms. The molecule has 2 aliphatic rings. The maximum atomic E-state index is 12.8. The molecule has 12 heteroatoms. The fraction of sp³-hybridized carbons (Fsp3) is 0.211. The topological polar surface area (TPSA) is 134 Å². The lowest BCUT2D eigenvalue weighted by molar-refractivity contribution is -0.159. The molecule has 254 valence electrons. The van der Waals surface area contributed by atoms with Crippen LogP contribution >= 0.6 is 0 Å². The van der Waals surface area contributed by atoms with Gasteiger partial charge in [-0.25, -0.2) is 19.4 Å². The molecule has 0 spiro atoms. The summed E-state index contributed by atoms with van der Waals surface area (Å²) in [6.07, 6.45) is 0. The van der Waals surface area contributed by atoms with Crippen LogP contribution in [-0.2, 0) is 28.7 Å². The molecular formula is C38H34N4O8. The Morgan fingerprint density at radius 2 is 0.740 bits per heavy atom. The van der Waals surface area contributed by atoms with Gasteiger partial charge in [-0.05, 0) is 46.5 Å². The molecule has 0 bridgehead atoms. The van der Waals surface area contributed by atoms with Crippen molar-refractivity contribution in [1.82, 2.24) is 19.6 Å². The summed E-state index contributed by atoms with van der Waals surface area (Å²) in [7, 11) is 0. The van der Waals surface area contributed by atoms with E-state index in [0.717, 1.165) is 32.1 Å². The normalized spacial score (nSPS) is 15.7. The van der Waals surface area contributed by atoms with Crippen molar-refractivity contribution >= 4 is 35.6 Å². The van der Waals surface area contributed by atoms with E-state index in [0.29, 0.717) is 11.1 Å². The first-order valence-electron chi connectivity index (χ1n) is 16.0. The Bertz CT molecular complexity index is 1710. The molecule has 2 saturated heterocycles. The number of amides is 4. The monoisotopic (exact) mass is 674 g/mol. The van der Waals surface area contributed by atoms with Crippen molar-refractivity contribution in [2.75, 3.05) is 52.7 Å². The molecule has 0 aliphatic carbocycles. The van der Waals surface area contributed by atoms with Gasteiger partial charge in [0.2, 0.25) is 23.6 Å². The standard InChI is InChI=1S/C38H34N4O8/c43-33-21-39(22-34(44)41(33)25-49-37(47)31-15-11-29(12-16-31)27-7-3-1-4-8-27)19-20-40-23-35(45)42(36(46)24-40)26-50-38(48)32-17-13-30(14-18-32)28-9-5-2-6-10-28/h1-18H,19-26H2. The second kappa shape index (κ2) is 15.5. The van der Waals surface area contributed by atoms with Crippen molar-refractivity contribution in [3.05, 3.63) is 120 Å². The average Bonchev–Trinajstić information content (AvgIpc) is 3.14. The van der Waals surface area contributed by atoms with Gasteiger partial charge in [-0.2, -0.15) is 0 Å². The summed E-state index contributed by atoms with van der Waals surface area (Å²) in [6, 6.07) is 33.0. The first-order chi connectivity index (χ1) is 24.2. The molecule has 0 aromatic heterocycles. The number of esters is 2. The van der Waals surface area contributed by atoms with Gasteiger partial charge in [-0.1, -0.05) is 84.9 Å². The molecule has 2 heterocycles. The molecule has 2 aliphatic heterocycles. The molecule has 2 fully saturated rings. The molecule has 12 nitrogen and oxygen atoms in total. The second-order valence-corrected chi connectivity index (χ2v) is 11.9. The molecule has 4 aromatic carbocycles. The van der Waals surface area contributed by atoms with Crippen LogP contribution in [0.25, 0.3) is 22.3 Å². The molecule has 4 amide bonds. The number of ether oxygens (including phenoxy) is 2. The second-order valence-electron chi connectivity index (χ2n) is 11.9. The fourth-order valence-corrected chi connectivity index (χ4v) is 5.66. The van der Waals surface area contributed by atoms with E-state index in [1.54, 1.807) is 58.3 Å².